The lowest BCUT2D eigenvalue weighted by Crippen LogP contribution is -2.06. The second-order valence-corrected chi connectivity index (χ2v) is 5.88. The Labute approximate surface area is 121 Å². The Balaban J connectivity index is 2.46. The Morgan fingerprint density at radius 2 is 1.45 bits per heavy atom. The van der Waals surface area contributed by atoms with Crippen LogP contribution in [0.15, 0.2) is 46.2 Å². The summed E-state index contributed by atoms with van der Waals surface area (Å²) >= 11 is 1.18. The number of rotatable bonds is 2. The van der Waals surface area contributed by atoms with E-state index < -0.39 is 11.7 Å². The van der Waals surface area contributed by atoms with E-state index in [9.17, 15) is 13.2 Å². The van der Waals surface area contributed by atoms with Gasteiger partial charge in [-0.25, -0.2) is 0 Å². The quantitative estimate of drug-likeness (QED) is 0.676. The lowest BCUT2D eigenvalue weighted by Gasteiger charge is -2.15. The Morgan fingerprint density at radius 1 is 0.900 bits per heavy atom. The van der Waals surface area contributed by atoms with Crippen LogP contribution in [0.25, 0.3) is 0 Å². The van der Waals surface area contributed by atoms with Gasteiger partial charge in [0.1, 0.15) is 0 Å². The highest BCUT2D eigenvalue weighted by Crippen LogP contribution is 2.41. The van der Waals surface area contributed by atoms with Crippen LogP contribution < -0.4 is 0 Å². The van der Waals surface area contributed by atoms with E-state index in [0.717, 1.165) is 27.7 Å². The van der Waals surface area contributed by atoms with Crippen LogP contribution in [0.5, 0.6) is 0 Å². The summed E-state index contributed by atoms with van der Waals surface area (Å²) in [4.78, 5) is 1.14. The normalized spacial score (nSPS) is 11.7. The third-order valence-corrected chi connectivity index (χ3v) is 4.43. The minimum Gasteiger partial charge on any atom is -0.166 e. The van der Waals surface area contributed by atoms with Gasteiger partial charge in [0.2, 0.25) is 0 Å². The van der Waals surface area contributed by atoms with Gasteiger partial charge in [-0.15, -0.1) is 0 Å². The molecule has 0 aliphatic heterocycles. The molecule has 4 heteroatoms. The summed E-state index contributed by atoms with van der Waals surface area (Å²) in [7, 11) is 0. The Bertz CT molecular complexity index is 607. The first-order chi connectivity index (χ1) is 9.29. The van der Waals surface area contributed by atoms with Gasteiger partial charge >= 0.3 is 6.18 Å². The van der Waals surface area contributed by atoms with Crippen molar-refractivity contribution in [1.29, 1.82) is 0 Å². The molecule has 0 saturated heterocycles. The minimum atomic E-state index is -4.32. The topological polar surface area (TPSA) is 0 Å². The fraction of sp³-hybridized carbons (Fsp3) is 0.250. The molecule has 0 fully saturated rings. The number of benzene rings is 2. The molecule has 0 bridgehead atoms. The van der Waals surface area contributed by atoms with Crippen LogP contribution in [0.3, 0.4) is 0 Å². The van der Waals surface area contributed by atoms with E-state index in [2.05, 4.69) is 0 Å². The molecule has 0 aliphatic carbocycles. The minimum absolute atomic E-state index is 0.245. The van der Waals surface area contributed by atoms with Crippen molar-refractivity contribution < 1.29 is 13.2 Å². The molecule has 0 saturated carbocycles. The highest BCUT2D eigenvalue weighted by atomic mass is 32.2. The van der Waals surface area contributed by atoms with Crippen molar-refractivity contribution in [1.82, 2.24) is 0 Å². The Kier molecular flexibility index (Phi) is 4.14. The average molecular weight is 296 g/mol. The maximum absolute atomic E-state index is 13.0. The van der Waals surface area contributed by atoms with Crippen LogP contribution in [0, 0.1) is 20.8 Å². The molecule has 0 N–H and O–H groups in total. The third-order valence-electron chi connectivity index (χ3n) is 3.01. The molecule has 20 heavy (non-hydrogen) atoms. The SMILES string of the molecule is Cc1cc(C)c(Sc2ccccc2C(F)(F)F)c(C)c1. The van der Waals surface area contributed by atoms with Gasteiger partial charge in [0, 0.05) is 9.79 Å². The lowest BCUT2D eigenvalue weighted by atomic mass is 10.1. The average Bonchev–Trinajstić information content (AvgIpc) is 2.33. The zero-order valence-electron chi connectivity index (χ0n) is 11.5. The standard InChI is InChI=1S/C16H15F3S/c1-10-8-11(2)15(12(3)9-10)20-14-7-5-4-6-13(14)16(17,18)19/h4-9H,1-3H3. The van der Waals surface area contributed by atoms with E-state index in [1.165, 1.54) is 23.9 Å². The van der Waals surface area contributed by atoms with Crippen molar-refractivity contribution in [2.45, 2.75) is 36.7 Å². The molecule has 0 amide bonds. The first-order valence-electron chi connectivity index (χ1n) is 6.21. The number of aryl methyl sites for hydroxylation is 3. The molecule has 0 aromatic heterocycles. The van der Waals surface area contributed by atoms with Gasteiger partial charge < -0.3 is 0 Å². The molecule has 0 spiro atoms. The maximum Gasteiger partial charge on any atom is 0.417 e. The van der Waals surface area contributed by atoms with Gasteiger partial charge in [0.25, 0.3) is 0 Å². The third kappa shape index (κ3) is 3.18. The molecule has 106 valence electrons. The van der Waals surface area contributed by atoms with E-state index in [-0.39, 0.29) is 4.90 Å². The van der Waals surface area contributed by atoms with Crippen LogP contribution in [0.1, 0.15) is 22.3 Å². The van der Waals surface area contributed by atoms with Crippen molar-refractivity contribution in [2.75, 3.05) is 0 Å². The fourth-order valence-electron chi connectivity index (χ4n) is 2.23. The summed E-state index contributed by atoms with van der Waals surface area (Å²) in [5, 5.41) is 0. The molecule has 0 atom stereocenters. The van der Waals surface area contributed by atoms with E-state index >= 15 is 0 Å². The fourth-order valence-corrected chi connectivity index (χ4v) is 3.33. The Hall–Kier alpha value is -1.42. The zero-order chi connectivity index (χ0) is 14.9. The van der Waals surface area contributed by atoms with Crippen LogP contribution in [0.4, 0.5) is 13.2 Å². The molecule has 2 rings (SSSR count). The molecule has 0 nitrogen and oxygen atoms in total. The molecule has 0 aliphatic rings. The van der Waals surface area contributed by atoms with Crippen molar-refractivity contribution in [3.63, 3.8) is 0 Å². The van der Waals surface area contributed by atoms with E-state index in [4.69, 9.17) is 0 Å². The molecule has 0 heterocycles. The first kappa shape index (κ1) is 15.0. The van der Waals surface area contributed by atoms with Crippen molar-refractivity contribution in [3.8, 4) is 0 Å². The van der Waals surface area contributed by atoms with Crippen LogP contribution >= 0.6 is 11.8 Å². The Morgan fingerprint density at radius 3 is 2.00 bits per heavy atom. The highest BCUT2D eigenvalue weighted by Gasteiger charge is 2.33. The second-order valence-electron chi connectivity index (χ2n) is 4.82. The lowest BCUT2D eigenvalue weighted by molar-refractivity contribution is -0.139. The van der Waals surface area contributed by atoms with Crippen LogP contribution in [-0.4, -0.2) is 0 Å². The number of alkyl halides is 3. The van der Waals surface area contributed by atoms with Crippen molar-refractivity contribution >= 4 is 11.8 Å². The number of hydrogen-bond donors (Lipinski definition) is 0. The van der Waals surface area contributed by atoms with Crippen molar-refractivity contribution in [2.24, 2.45) is 0 Å². The predicted molar refractivity (Wildman–Crippen MR) is 76.2 cm³/mol. The molecular formula is C16H15F3S. The molecule has 0 unspecified atom stereocenters. The smallest absolute Gasteiger partial charge is 0.166 e. The van der Waals surface area contributed by atoms with Gasteiger partial charge in [-0.3, -0.25) is 0 Å². The predicted octanol–water partition coefficient (Wildman–Crippen LogP) is 5.78. The summed E-state index contributed by atoms with van der Waals surface area (Å²) in [6.07, 6.45) is -4.32. The highest BCUT2D eigenvalue weighted by molar-refractivity contribution is 7.99. The summed E-state index contributed by atoms with van der Waals surface area (Å²) in [6.45, 7) is 5.84. The second kappa shape index (κ2) is 5.52. The monoisotopic (exact) mass is 296 g/mol. The molecule has 0 radical (unpaired) electrons. The van der Waals surface area contributed by atoms with Gasteiger partial charge in [-0.1, -0.05) is 41.6 Å². The first-order valence-corrected chi connectivity index (χ1v) is 7.02. The van der Waals surface area contributed by atoms with Gasteiger partial charge in [-0.2, -0.15) is 13.2 Å². The molecule has 2 aromatic carbocycles. The van der Waals surface area contributed by atoms with Crippen LogP contribution in [0.2, 0.25) is 0 Å². The van der Waals surface area contributed by atoms with Crippen LogP contribution in [-0.2, 0) is 6.18 Å². The summed E-state index contributed by atoms with van der Waals surface area (Å²) in [5.74, 6) is 0. The number of halogens is 3. The van der Waals surface area contributed by atoms with E-state index in [1.807, 2.05) is 32.9 Å². The summed E-state index contributed by atoms with van der Waals surface area (Å²) in [6, 6.07) is 9.68. The van der Waals surface area contributed by atoms with Crippen molar-refractivity contribution in [3.05, 3.63) is 58.7 Å². The molecule has 2 aromatic rings. The number of hydrogen-bond acceptors (Lipinski definition) is 1. The van der Waals surface area contributed by atoms with Gasteiger partial charge in [-0.05, 0) is 44.0 Å². The molecular weight excluding hydrogens is 281 g/mol. The summed E-state index contributed by atoms with van der Waals surface area (Å²) in [5.41, 5.74) is 2.55. The largest absolute Gasteiger partial charge is 0.417 e. The van der Waals surface area contributed by atoms with E-state index in [0.29, 0.717) is 0 Å². The maximum atomic E-state index is 13.0. The van der Waals surface area contributed by atoms with Gasteiger partial charge in [0.15, 0.2) is 0 Å². The van der Waals surface area contributed by atoms with Gasteiger partial charge in [0.05, 0.1) is 5.56 Å². The van der Waals surface area contributed by atoms with E-state index in [1.54, 1.807) is 6.07 Å². The summed E-state index contributed by atoms with van der Waals surface area (Å²) < 4.78 is 39.0. The zero-order valence-corrected chi connectivity index (χ0v) is 12.3.